The van der Waals surface area contributed by atoms with Crippen molar-refractivity contribution in [3.05, 3.63) is 42.5 Å². The molecule has 5 nitrogen and oxygen atoms in total. The van der Waals surface area contributed by atoms with Crippen molar-refractivity contribution in [3.63, 3.8) is 0 Å². The molecular formula is C20H20FN3O2S2. The lowest BCUT2D eigenvalue weighted by Crippen LogP contribution is -2.36. The largest absolute Gasteiger partial charge is 0.376 e. The van der Waals surface area contributed by atoms with E-state index in [-0.39, 0.29) is 23.1 Å². The van der Waals surface area contributed by atoms with Gasteiger partial charge in [0.25, 0.3) is 0 Å². The SMILES string of the molecule is C[C@@H](Sc1ncnc2cc(-c3ccc(F)cc3)sc12)C(=O)NC[C@H]1CCCO1. The summed E-state index contributed by atoms with van der Waals surface area (Å²) in [5.41, 5.74) is 1.76. The minimum atomic E-state index is -0.282. The Balaban J connectivity index is 1.48. The van der Waals surface area contributed by atoms with E-state index >= 15 is 0 Å². The van der Waals surface area contributed by atoms with Crippen molar-refractivity contribution < 1.29 is 13.9 Å². The van der Waals surface area contributed by atoms with Crippen LogP contribution in [-0.2, 0) is 9.53 Å². The highest BCUT2D eigenvalue weighted by Crippen LogP contribution is 2.38. The van der Waals surface area contributed by atoms with Gasteiger partial charge < -0.3 is 10.1 Å². The predicted molar refractivity (Wildman–Crippen MR) is 110 cm³/mol. The molecule has 3 aromatic rings. The first kappa shape index (κ1) is 19.3. The first-order chi connectivity index (χ1) is 13.6. The summed E-state index contributed by atoms with van der Waals surface area (Å²) in [5, 5.41) is 3.47. The number of thioether (sulfide) groups is 1. The van der Waals surface area contributed by atoms with Gasteiger partial charge in [0.15, 0.2) is 0 Å². The van der Waals surface area contributed by atoms with E-state index in [1.165, 1.54) is 30.2 Å². The van der Waals surface area contributed by atoms with E-state index in [0.717, 1.165) is 45.1 Å². The number of hydrogen-bond donors (Lipinski definition) is 1. The highest BCUT2D eigenvalue weighted by molar-refractivity contribution is 8.00. The first-order valence-electron chi connectivity index (χ1n) is 9.16. The number of carbonyl (C=O) groups excluding carboxylic acids is 1. The number of nitrogens with one attached hydrogen (secondary N) is 1. The van der Waals surface area contributed by atoms with Crippen molar-refractivity contribution in [2.24, 2.45) is 0 Å². The van der Waals surface area contributed by atoms with E-state index in [4.69, 9.17) is 4.74 Å². The zero-order valence-electron chi connectivity index (χ0n) is 15.4. The number of halogens is 1. The molecule has 1 aromatic carbocycles. The molecule has 1 aliphatic rings. The first-order valence-corrected chi connectivity index (χ1v) is 10.9. The van der Waals surface area contributed by atoms with Crippen LogP contribution in [0.1, 0.15) is 19.8 Å². The summed E-state index contributed by atoms with van der Waals surface area (Å²) in [7, 11) is 0. The lowest BCUT2D eigenvalue weighted by molar-refractivity contribution is -0.120. The molecule has 2 aromatic heterocycles. The van der Waals surface area contributed by atoms with Crippen LogP contribution < -0.4 is 5.32 Å². The highest BCUT2D eigenvalue weighted by atomic mass is 32.2. The Kier molecular flexibility index (Phi) is 5.89. The molecule has 146 valence electrons. The van der Waals surface area contributed by atoms with Gasteiger partial charge in [-0.25, -0.2) is 14.4 Å². The molecule has 1 amide bonds. The van der Waals surface area contributed by atoms with E-state index in [2.05, 4.69) is 15.3 Å². The van der Waals surface area contributed by atoms with Gasteiger partial charge >= 0.3 is 0 Å². The molecule has 1 fully saturated rings. The van der Waals surface area contributed by atoms with Gasteiger partial charge in [-0.05, 0) is 43.5 Å². The van der Waals surface area contributed by atoms with Crippen LogP contribution in [0.2, 0.25) is 0 Å². The van der Waals surface area contributed by atoms with Gasteiger partial charge in [0.05, 0.1) is 21.6 Å². The minimum absolute atomic E-state index is 0.0254. The number of ether oxygens (including phenoxy) is 1. The van der Waals surface area contributed by atoms with Crippen molar-refractivity contribution in [3.8, 4) is 10.4 Å². The Bertz CT molecular complexity index is 971. The summed E-state index contributed by atoms with van der Waals surface area (Å²) in [6.45, 7) is 3.20. The number of nitrogens with zero attached hydrogens (tertiary/aromatic N) is 2. The molecule has 0 radical (unpaired) electrons. The monoisotopic (exact) mass is 417 g/mol. The van der Waals surface area contributed by atoms with Gasteiger partial charge in [0, 0.05) is 18.0 Å². The molecule has 2 atom stereocenters. The van der Waals surface area contributed by atoms with Crippen LogP contribution in [0, 0.1) is 5.82 Å². The molecule has 8 heteroatoms. The van der Waals surface area contributed by atoms with Crippen LogP contribution in [0.5, 0.6) is 0 Å². The molecule has 4 rings (SSSR count). The van der Waals surface area contributed by atoms with Crippen LogP contribution in [0.3, 0.4) is 0 Å². The Morgan fingerprint density at radius 1 is 1.39 bits per heavy atom. The van der Waals surface area contributed by atoms with E-state index < -0.39 is 0 Å². The molecule has 1 aliphatic heterocycles. The Morgan fingerprint density at radius 3 is 2.96 bits per heavy atom. The summed E-state index contributed by atoms with van der Waals surface area (Å²) < 4.78 is 19.7. The summed E-state index contributed by atoms with van der Waals surface area (Å²) in [4.78, 5) is 22.2. The van der Waals surface area contributed by atoms with E-state index in [1.807, 2.05) is 13.0 Å². The number of aromatic nitrogens is 2. The van der Waals surface area contributed by atoms with Gasteiger partial charge in [-0.15, -0.1) is 11.3 Å². The maximum Gasteiger partial charge on any atom is 0.233 e. The maximum atomic E-state index is 13.2. The number of amides is 1. The highest BCUT2D eigenvalue weighted by Gasteiger charge is 2.21. The minimum Gasteiger partial charge on any atom is -0.376 e. The zero-order valence-corrected chi connectivity index (χ0v) is 17.0. The van der Waals surface area contributed by atoms with E-state index in [9.17, 15) is 9.18 Å². The molecule has 0 unspecified atom stereocenters. The fourth-order valence-corrected chi connectivity index (χ4v) is 5.17. The molecule has 1 saturated heterocycles. The Morgan fingerprint density at radius 2 is 2.21 bits per heavy atom. The number of carbonyl (C=O) groups is 1. The second kappa shape index (κ2) is 8.55. The number of thiophene rings is 1. The lowest BCUT2D eigenvalue weighted by atomic mass is 10.2. The normalized spacial score (nSPS) is 17.7. The third-order valence-electron chi connectivity index (χ3n) is 4.59. The smallest absolute Gasteiger partial charge is 0.233 e. The fourth-order valence-electron chi connectivity index (χ4n) is 3.06. The molecule has 0 saturated carbocycles. The number of hydrogen-bond acceptors (Lipinski definition) is 6. The predicted octanol–water partition coefficient (Wildman–Crippen LogP) is 4.27. The standard InChI is InChI=1S/C20H20FN3O2S2/c1-12(19(25)22-10-15-3-2-8-26-15)27-20-18-16(23-11-24-20)9-17(28-18)13-4-6-14(21)7-5-13/h4-7,9,11-12,15H,2-3,8,10H2,1H3,(H,22,25)/t12-,15-/m1/s1. The van der Waals surface area contributed by atoms with E-state index in [1.54, 1.807) is 23.5 Å². The quantitative estimate of drug-likeness (QED) is 0.479. The van der Waals surface area contributed by atoms with Crippen molar-refractivity contribution in [1.82, 2.24) is 15.3 Å². The molecule has 28 heavy (non-hydrogen) atoms. The second-order valence-electron chi connectivity index (χ2n) is 6.65. The van der Waals surface area contributed by atoms with Crippen LogP contribution in [-0.4, -0.2) is 40.4 Å². The van der Waals surface area contributed by atoms with Crippen molar-refractivity contribution in [2.45, 2.75) is 36.1 Å². The Hall–Kier alpha value is -2.03. The molecule has 0 spiro atoms. The number of benzene rings is 1. The summed E-state index contributed by atoms with van der Waals surface area (Å²) >= 11 is 2.97. The summed E-state index contributed by atoms with van der Waals surface area (Å²) in [6.07, 6.45) is 3.69. The van der Waals surface area contributed by atoms with Gasteiger partial charge in [0.2, 0.25) is 5.91 Å². The van der Waals surface area contributed by atoms with Crippen LogP contribution >= 0.6 is 23.1 Å². The number of fused-ring (bicyclic) bond motifs is 1. The maximum absolute atomic E-state index is 13.2. The van der Waals surface area contributed by atoms with Crippen molar-refractivity contribution >= 4 is 39.2 Å². The third-order valence-corrected chi connectivity index (χ3v) is 7.00. The van der Waals surface area contributed by atoms with Crippen molar-refractivity contribution in [2.75, 3.05) is 13.2 Å². The number of rotatable bonds is 6. The molecular weight excluding hydrogens is 397 g/mol. The molecule has 0 bridgehead atoms. The van der Waals surface area contributed by atoms with Crippen molar-refractivity contribution in [1.29, 1.82) is 0 Å². The third kappa shape index (κ3) is 4.34. The molecule has 3 heterocycles. The zero-order chi connectivity index (χ0) is 19.5. The van der Waals surface area contributed by atoms with E-state index in [0.29, 0.717) is 6.54 Å². The van der Waals surface area contributed by atoms with Gasteiger partial charge in [-0.2, -0.15) is 0 Å². The van der Waals surface area contributed by atoms with Gasteiger partial charge in [-0.3, -0.25) is 4.79 Å². The van der Waals surface area contributed by atoms with Gasteiger partial charge in [-0.1, -0.05) is 23.9 Å². The summed E-state index contributed by atoms with van der Waals surface area (Å²) in [5.74, 6) is -0.286. The Labute approximate surface area is 170 Å². The topological polar surface area (TPSA) is 64.1 Å². The van der Waals surface area contributed by atoms with Gasteiger partial charge in [0.1, 0.15) is 17.2 Å². The average Bonchev–Trinajstić information content (AvgIpc) is 3.36. The second-order valence-corrected chi connectivity index (χ2v) is 9.03. The average molecular weight is 418 g/mol. The van der Waals surface area contributed by atoms with Crippen LogP contribution in [0.15, 0.2) is 41.7 Å². The lowest BCUT2D eigenvalue weighted by Gasteiger charge is -2.14. The molecule has 1 N–H and O–H groups in total. The van der Waals surface area contributed by atoms with Crippen LogP contribution in [0.4, 0.5) is 4.39 Å². The summed E-state index contributed by atoms with van der Waals surface area (Å²) in [6, 6.07) is 8.37. The van der Waals surface area contributed by atoms with Crippen LogP contribution in [0.25, 0.3) is 20.7 Å². The fraction of sp³-hybridized carbons (Fsp3) is 0.350. The molecule has 0 aliphatic carbocycles.